The number of amides is 1. The van der Waals surface area contributed by atoms with Crippen LogP contribution in [0, 0.1) is 0 Å². The molecule has 0 bridgehead atoms. The molecular formula is C5H7NO2. The second kappa shape index (κ2) is 1.96. The number of ether oxygens (including phenoxy) is 1. The molecule has 3 heteroatoms. The molecule has 1 aliphatic rings. The van der Waals surface area contributed by atoms with Crippen molar-refractivity contribution in [2.75, 3.05) is 13.5 Å². The van der Waals surface area contributed by atoms with E-state index in [4.69, 9.17) is 4.74 Å². The van der Waals surface area contributed by atoms with E-state index in [0.717, 1.165) is 0 Å². The maximum Gasteiger partial charge on any atom is 0.249 e. The number of hydrogen-bond acceptors (Lipinski definition) is 2. The summed E-state index contributed by atoms with van der Waals surface area (Å²) in [7, 11) is 0. The summed E-state index contributed by atoms with van der Waals surface area (Å²) in [6.07, 6.45) is 1.28. The van der Waals surface area contributed by atoms with Gasteiger partial charge >= 0.3 is 0 Å². The van der Waals surface area contributed by atoms with Crippen molar-refractivity contribution in [2.45, 2.75) is 0 Å². The van der Waals surface area contributed by atoms with Gasteiger partial charge in [0, 0.05) is 0 Å². The molecule has 0 aliphatic carbocycles. The molecule has 0 unspecified atom stereocenters. The first kappa shape index (κ1) is 5.31. The maximum atomic E-state index is 10.5. The first-order valence-electron chi connectivity index (χ1n) is 2.33. The predicted octanol–water partition coefficient (Wildman–Crippen LogP) is -0.0538. The largest absolute Gasteiger partial charge is 0.340 e. The van der Waals surface area contributed by atoms with E-state index in [1.807, 2.05) is 0 Å². The molecule has 0 radical (unpaired) electrons. The Balaban J connectivity index is 2.34. The maximum absolute atomic E-state index is 10.5. The van der Waals surface area contributed by atoms with Crippen LogP contribution < -0.4 is 0 Å². The van der Waals surface area contributed by atoms with E-state index in [0.29, 0.717) is 13.5 Å². The number of hydrogen-bond donors (Lipinski definition) is 0. The molecule has 3 nitrogen and oxygen atoms in total. The lowest BCUT2D eigenvalue weighted by atomic mass is 10.5. The normalized spacial score (nSPS) is 17.2. The molecule has 0 atom stereocenters. The van der Waals surface area contributed by atoms with Gasteiger partial charge in [-0.3, -0.25) is 9.69 Å². The Morgan fingerprint density at radius 2 is 2.38 bits per heavy atom. The molecule has 1 heterocycles. The highest BCUT2D eigenvalue weighted by Crippen LogP contribution is 2.01. The number of carbonyl (C=O) groups is 1. The molecule has 1 fully saturated rings. The lowest BCUT2D eigenvalue weighted by Gasteiger charge is -2.29. The van der Waals surface area contributed by atoms with Crippen LogP contribution in [-0.4, -0.2) is 24.3 Å². The van der Waals surface area contributed by atoms with Gasteiger partial charge in [0.1, 0.15) is 13.5 Å². The third-order valence-electron chi connectivity index (χ3n) is 0.981. The highest BCUT2D eigenvalue weighted by Gasteiger charge is 2.17. The van der Waals surface area contributed by atoms with E-state index in [1.165, 1.54) is 6.08 Å². The van der Waals surface area contributed by atoms with Gasteiger partial charge < -0.3 is 4.74 Å². The Morgan fingerprint density at radius 3 is 2.50 bits per heavy atom. The summed E-state index contributed by atoms with van der Waals surface area (Å²) in [5.74, 6) is -0.0590. The van der Waals surface area contributed by atoms with Crippen LogP contribution in [0.1, 0.15) is 0 Å². The smallest absolute Gasteiger partial charge is 0.249 e. The van der Waals surface area contributed by atoms with Crippen molar-refractivity contribution in [1.82, 2.24) is 4.90 Å². The van der Waals surface area contributed by atoms with Crippen molar-refractivity contribution in [1.29, 1.82) is 0 Å². The number of rotatable bonds is 1. The second-order valence-electron chi connectivity index (χ2n) is 1.54. The van der Waals surface area contributed by atoms with Crippen molar-refractivity contribution in [3.8, 4) is 0 Å². The molecule has 0 aromatic heterocycles. The lowest BCUT2D eigenvalue weighted by Crippen LogP contribution is -2.43. The zero-order valence-electron chi connectivity index (χ0n) is 4.46. The molecule has 44 valence electrons. The Kier molecular flexibility index (Phi) is 1.30. The molecule has 0 aromatic rings. The minimum absolute atomic E-state index is 0.0590. The standard InChI is InChI=1S/C5H7NO2/c1-2-5(7)6-3-8-4-6/h2H,1,3-4H2. The van der Waals surface area contributed by atoms with Crippen LogP contribution >= 0.6 is 0 Å². The van der Waals surface area contributed by atoms with Gasteiger partial charge in [-0.1, -0.05) is 6.58 Å². The average Bonchev–Trinajstić information content (AvgIpc) is 1.62. The monoisotopic (exact) mass is 113 g/mol. The number of nitrogens with zero attached hydrogens (tertiary/aromatic N) is 1. The van der Waals surface area contributed by atoms with Crippen molar-refractivity contribution < 1.29 is 9.53 Å². The summed E-state index contributed by atoms with van der Waals surface area (Å²) in [4.78, 5) is 12.1. The van der Waals surface area contributed by atoms with E-state index in [-0.39, 0.29) is 5.91 Å². The third kappa shape index (κ3) is 0.721. The molecular weight excluding hydrogens is 106 g/mol. The molecule has 8 heavy (non-hydrogen) atoms. The van der Waals surface area contributed by atoms with Crippen LogP contribution in [0.2, 0.25) is 0 Å². The van der Waals surface area contributed by atoms with Crippen LogP contribution in [-0.2, 0) is 9.53 Å². The van der Waals surface area contributed by atoms with Gasteiger partial charge in [0.05, 0.1) is 0 Å². The zero-order valence-corrected chi connectivity index (χ0v) is 4.46. The molecule has 1 amide bonds. The lowest BCUT2D eigenvalue weighted by molar-refractivity contribution is -0.170. The summed E-state index contributed by atoms with van der Waals surface area (Å²) in [5.41, 5.74) is 0. The Labute approximate surface area is 47.5 Å². The fourth-order valence-electron chi connectivity index (χ4n) is 0.439. The van der Waals surface area contributed by atoms with E-state index < -0.39 is 0 Å². The van der Waals surface area contributed by atoms with Crippen LogP contribution in [0.4, 0.5) is 0 Å². The molecule has 1 aliphatic heterocycles. The van der Waals surface area contributed by atoms with Gasteiger partial charge in [0.2, 0.25) is 5.91 Å². The van der Waals surface area contributed by atoms with Gasteiger partial charge in [-0.05, 0) is 6.08 Å². The Bertz CT molecular complexity index is 118. The molecule has 0 spiro atoms. The molecule has 1 saturated heterocycles. The summed E-state index contributed by atoms with van der Waals surface area (Å²) >= 11 is 0. The fraction of sp³-hybridized carbons (Fsp3) is 0.400. The SMILES string of the molecule is C=CC(=O)N1COC1. The first-order valence-corrected chi connectivity index (χ1v) is 2.33. The quantitative estimate of drug-likeness (QED) is 0.446. The topological polar surface area (TPSA) is 29.5 Å². The summed E-state index contributed by atoms with van der Waals surface area (Å²) in [6.45, 7) is 4.16. The van der Waals surface area contributed by atoms with Gasteiger partial charge in [0.25, 0.3) is 0 Å². The average molecular weight is 113 g/mol. The number of carbonyl (C=O) groups excluding carboxylic acids is 1. The van der Waals surface area contributed by atoms with E-state index in [1.54, 1.807) is 4.90 Å². The summed E-state index contributed by atoms with van der Waals surface area (Å²) < 4.78 is 4.72. The predicted molar refractivity (Wildman–Crippen MR) is 27.9 cm³/mol. The molecule has 1 rings (SSSR count). The van der Waals surface area contributed by atoms with Gasteiger partial charge in [-0.15, -0.1) is 0 Å². The van der Waals surface area contributed by atoms with E-state index in [9.17, 15) is 4.79 Å². The van der Waals surface area contributed by atoms with Crippen molar-refractivity contribution in [3.05, 3.63) is 12.7 Å². The van der Waals surface area contributed by atoms with Crippen LogP contribution in [0.3, 0.4) is 0 Å². The second-order valence-corrected chi connectivity index (χ2v) is 1.54. The van der Waals surface area contributed by atoms with Gasteiger partial charge in [0.15, 0.2) is 0 Å². The molecule has 0 aromatic carbocycles. The highest BCUT2D eigenvalue weighted by molar-refractivity contribution is 5.87. The molecule has 0 N–H and O–H groups in total. The molecule has 0 saturated carbocycles. The van der Waals surface area contributed by atoms with E-state index >= 15 is 0 Å². The minimum atomic E-state index is -0.0590. The van der Waals surface area contributed by atoms with Crippen molar-refractivity contribution in [2.24, 2.45) is 0 Å². The zero-order chi connectivity index (χ0) is 5.98. The van der Waals surface area contributed by atoms with Gasteiger partial charge in [-0.25, -0.2) is 0 Å². The Morgan fingerprint density at radius 1 is 1.75 bits per heavy atom. The minimum Gasteiger partial charge on any atom is -0.340 e. The van der Waals surface area contributed by atoms with Crippen LogP contribution in [0.5, 0.6) is 0 Å². The van der Waals surface area contributed by atoms with Crippen LogP contribution in [0.25, 0.3) is 0 Å². The van der Waals surface area contributed by atoms with Crippen molar-refractivity contribution >= 4 is 5.91 Å². The highest BCUT2D eigenvalue weighted by atomic mass is 16.5. The van der Waals surface area contributed by atoms with Crippen molar-refractivity contribution in [3.63, 3.8) is 0 Å². The summed E-state index contributed by atoms with van der Waals surface area (Å²) in [5, 5.41) is 0. The summed E-state index contributed by atoms with van der Waals surface area (Å²) in [6, 6.07) is 0. The van der Waals surface area contributed by atoms with Crippen LogP contribution in [0.15, 0.2) is 12.7 Å². The first-order chi connectivity index (χ1) is 3.84. The van der Waals surface area contributed by atoms with E-state index in [2.05, 4.69) is 6.58 Å². The fourth-order valence-corrected chi connectivity index (χ4v) is 0.439. The Hall–Kier alpha value is -0.830. The third-order valence-corrected chi connectivity index (χ3v) is 0.981. The van der Waals surface area contributed by atoms with Gasteiger partial charge in [-0.2, -0.15) is 0 Å².